The molecule has 1 unspecified atom stereocenters. The molecular weight excluding hydrogens is 408 g/mol. The summed E-state index contributed by atoms with van der Waals surface area (Å²) in [5.41, 5.74) is 2.40. The molecule has 2 heterocycles. The molecule has 0 radical (unpaired) electrons. The Kier molecular flexibility index (Phi) is 7.12. The summed E-state index contributed by atoms with van der Waals surface area (Å²) in [6.07, 6.45) is 5.50. The predicted molar refractivity (Wildman–Crippen MR) is 127 cm³/mol. The molecule has 1 aliphatic carbocycles. The Labute approximate surface area is 188 Å². The quantitative estimate of drug-likeness (QED) is 0.529. The zero-order chi connectivity index (χ0) is 21.6. The summed E-state index contributed by atoms with van der Waals surface area (Å²) in [5.74, 6) is 2.27. The van der Waals surface area contributed by atoms with Gasteiger partial charge in [0.05, 0.1) is 13.7 Å². The van der Waals surface area contributed by atoms with E-state index in [1.165, 1.54) is 28.8 Å². The van der Waals surface area contributed by atoms with Crippen molar-refractivity contribution < 1.29 is 9.53 Å². The zero-order valence-electron chi connectivity index (χ0n) is 18.4. The largest absolute Gasteiger partial charge is 0.497 e. The van der Waals surface area contributed by atoms with Crippen molar-refractivity contribution in [1.82, 2.24) is 15.5 Å². The van der Waals surface area contributed by atoms with Crippen LogP contribution in [0.25, 0.3) is 11.1 Å². The summed E-state index contributed by atoms with van der Waals surface area (Å²) in [7, 11) is 3.48. The summed E-state index contributed by atoms with van der Waals surface area (Å²) in [6, 6.07) is 10.6. The second kappa shape index (κ2) is 10.2. The molecule has 1 aromatic heterocycles. The van der Waals surface area contributed by atoms with Crippen LogP contribution in [-0.4, -0.2) is 50.1 Å². The number of nitrogens with one attached hydrogen (secondary N) is 2. The van der Waals surface area contributed by atoms with Crippen LogP contribution in [0.4, 0.5) is 0 Å². The molecule has 1 saturated carbocycles. The standard InChI is InChI=1S/C24H32N4O2S/c1-25-24(27-20-11-12-28(15-20)23(29)18-5-3-4-6-18)26-14-22-13-19(16-31-22)17-7-9-21(30-2)10-8-17/h7-10,13,16,18,20H,3-6,11-12,14-15H2,1-2H3,(H2,25,26,27). The Morgan fingerprint density at radius 1 is 1.19 bits per heavy atom. The van der Waals surface area contributed by atoms with Gasteiger partial charge in [0.15, 0.2) is 5.96 Å². The van der Waals surface area contributed by atoms with Crippen molar-refractivity contribution in [3.05, 3.63) is 40.6 Å². The van der Waals surface area contributed by atoms with Crippen LogP contribution in [-0.2, 0) is 11.3 Å². The number of aliphatic imine (C=N–C) groups is 1. The number of hydrogen-bond donors (Lipinski definition) is 2. The molecule has 4 rings (SSSR count). The van der Waals surface area contributed by atoms with E-state index in [2.05, 4.69) is 39.2 Å². The van der Waals surface area contributed by atoms with Gasteiger partial charge < -0.3 is 20.3 Å². The highest BCUT2D eigenvalue weighted by Crippen LogP contribution is 2.28. The molecule has 7 heteroatoms. The molecule has 6 nitrogen and oxygen atoms in total. The van der Waals surface area contributed by atoms with Gasteiger partial charge in [0.25, 0.3) is 0 Å². The van der Waals surface area contributed by atoms with Gasteiger partial charge in [-0.2, -0.15) is 0 Å². The van der Waals surface area contributed by atoms with Crippen molar-refractivity contribution in [3.63, 3.8) is 0 Å². The first-order chi connectivity index (χ1) is 15.2. The number of carbonyl (C=O) groups excluding carboxylic acids is 1. The number of guanidine groups is 1. The Morgan fingerprint density at radius 3 is 2.68 bits per heavy atom. The normalized spacial score (nSPS) is 19.6. The molecule has 2 aromatic rings. The number of carbonyl (C=O) groups is 1. The lowest BCUT2D eigenvalue weighted by molar-refractivity contribution is -0.134. The van der Waals surface area contributed by atoms with E-state index in [4.69, 9.17) is 4.74 Å². The Morgan fingerprint density at radius 2 is 1.97 bits per heavy atom. The number of ether oxygens (including phenoxy) is 1. The summed E-state index contributed by atoms with van der Waals surface area (Å²) in [6.45, 7) is 2.34. The highest BCUT2D eigenvalue weighted by molar-refractivity contribution is 7.10. The molecule has 1 saturated heterocycles. The van der Waals surface area contributed by atoms with E-state index in [0.29, 0.717) is 5.91 Å². The smallest absolute Gasteiger partial charge is 0.225 e. The summed E-state index contributed by atoms with van der Waals surface area (Å²) in [4.78, 5) is 20.3. The van der Waals surface area contributed by atoms with Crippen LogP contribution in [0.3, 0.4) is 0 Å². The van der Waals surface area contributed by atoms with Crippen molar-refractivity contribution in [1.29, 1.82) is 0 Å². The van der Waals surface area contributed by atoms with Crippen molar-refractivity contribution >= 4 is 23.2 Å². The molecule has 2 aliphatic rings. The molecule has 31 heavy (non-hydrogen) atoms. The summed E-state index contributed by atoms with van der Waals surface area (Å²) < 4.78 is 5.24. The van der Waals surface area contributed by atoms with Crippen molar-refractivity contribution in [3.8, 4) is 16.9 Å². The van der Waals surface area contributed by atoms with Gasteiger partial charge in [-0.3, -0.25) is 9.79 Å². The van der Waals surface area contributed by atoms with Crippen LogP contribution in [0.2, 0.25) is 0 Å². The lowest BCUT2D eigenvalue weighted by Crippen LogP contribution is -2.45. The highest BCUT2D eigenvalue weighted by atomic mass is 32.1. The maximum Gasteiger partial charge on any atom is 0.225 e. The van der Waals surface area contributed by atoms with Crippen LogP contribution >= 0.6 is 11.3 Å². The molecule has 1 aliphatic heterocycles. The highest BCUT2D eigenvalue weighted by Gasteiger charge is 2.32. The van der Waals surface area contributed by atoms with Gasteiger partial charge in [-0.1, -0.05) is 25.0 Å². The van der Waals surface area contributed by atoms with Gasteiger partial charge in [0, 0.05) is 37.0 Å². The van der Waals surface area contributed by atoms with Gasteiger partial charge >= 0.3 is 0 Å². The minimum Gasteiger partial charge on any atom is -0.497 e. The molecule has 1 amide bonds. The van der Waals surface area contributed by atoms with Crippen LogP contribution in [0.1, 0.15) is 37.0 Å². The molecule has 1 atom stereocenters. The number of hydrogen-bond acceptors (Lipinski definition) is 4. The van der Waals surface area contributed by atoms with E-state index in [9.17, 15) is 4.79 Å². The fourth-order valence-corrected chi connectivity index (χ4v) is 5.31. The van der Waals surface area contributed by atoms with E-state index < -0.39 is 0 Å². The predicted octanol–water partition coefficient (Wildman–Crippen LogP) is 3.88. The van der Waals surface area contributed by atoms with Gasteiger partial charge in [-0.05, 0) is 54.0 Å². The molecule has 1 aromatic carbocycles. The van der Waals surface area contributed by atoms with E-state index in [1.807, 2.05) is 17.0 Å². The van der Waals surface area contributed by atoms with Crippen LogP contribution in [0, 0.1) is 5.92 Å². The van der Waals surface area contributed by atoms with Gasteiger partial charge in [-0.25, -0.2) is 0 Å². The minimum atomic E-state index is 0.259. The topological polar surface area (TPSA) is 66.0 Å². The number of nitrogens with zero attached hydrogens (tertiary/aromatic N) is 2. The van der Waals surface area contributed by atoms with E-state index in [1.54, 1.807) is 25.5 Å². The maximum atomic E-state index is 12.7. The Hall–Kier alpha value is -2.54. The Balaban J connectivity index is 1.26. The molecule has 0 spiro atoms. The van der Waals surface area contributed by atoms with E-state index >= 15 is 0 Å². The fraction of sp³-hybridized carbons (Fsp3) is 0.500. The minimum absolute atomic E-state index is 0.259. The lowest BCUT2D eigenvalue weighted by atomic mass is 10.1. The number of amides is 1. The number of rotatable bonds is 6. The first kappa shape index (κ1) is 21.7. The summed E-state index contributed by atoms with van der Waals surface area (Å²) in [5, 5.41) is 9.10. The molecule has 2 fully saturated rings. The second-order valence-electron chi connectivity index (χ2n) is 8.35. The zero-order valence-corrected chi connectivity index (χ0v) is 19.2. The molecule has 2 N–H and O–H groups in total. The van der Waals surface area contributed by atoms with Gasteiger partial charge in [0.1, 0.15) is 5.75 Å². The molecular formula is C24H32N4O2S. The molecule has 166 valence electrons. The first-order valence-corrected chi connectivity index (χ1v) is 12.0. The Bertz CT molecular complexity index is 903. The maximum absolute atomic E-state index is 12.7. The van der Waals surface area contributed by atoms with E-state index in [-0.39, 0.29) is 12.0 Å². The average molecular weight is 441 g/mol. The number of methoxy groups -OCH3 is 1. The summed E-state index contributed by atoms with van der Waals surface area (Å²) >= 11 is 1.74. The fourth-order valence-electron chi connectivity index (χ4n) is 4.48. The van der Waals surface area contributed by atoms with Gasteiger partial charge in [-0.15, -0.1) is 11.3 Å². The van der Waals surface area contributed by atoms with Crippen LogP contribution in [0.15, 0.2) is 40.7 Å². The third kappa shape index (κ3) is 5.39. The van der Waals surface area contributed by atoms with Gasteiger partial charge in [0.2, 0.25) is 5.91 Å². The van der Waals surface area contributed by atoms with Crippen molar-refractivity contribution in [2.24, 2.45) is 10.9 Å². The lowest BCUT2D eigenvalue weighted by Gasteiger charge is -2.21. The molecule has 0 bridgehead atoms. The third-order valence-electron chi connectivity index (χ3n) is 6.28. The number of thiophene rings is 1. The first-order valence-electron chi connectivity index (χ1n) is 11.1. The SMILES string of the molecule is CN=C(NCc1cc(-c2ccc(OC)cc2)cs1)NC1CCN(C(=O)C2CCCC2)C1. The van der Waals surface area contributed by atoms with Crippen molar-refractivity contribution in [2.75, 3.05) is 27.2 Å². The number of benzene rings is 1. The number of likely N-dealkylation sites (tertiary alicyclic amines) is 1. The van der Waals surface area contributed by atoms with Crippen molar-refractivity contribution in [2.45, 2.75) is 44.7 Å². The third-order valence-corrected chi connectivity index (χ3v) is 7.21. The van der Waals surface area contributed by atoms with Crippen LogP contribution < -0.4 is 15.4 Å². The second-order valence-corrected chi connectivity index (χ2v) is 9.35. The average Bonchev–Trinajstić information content (AvgIpc) is 3.58. The monoisotopic (exact) mass is 440 g/mol. The van der Waals surface area contributed by atoms with E-state index in [0.717, 1.165) is 50.6 Å². The van der Waals surface area contributed by atoms with Crippen LogP contribution in [0.5, 0.6) is 5.75 Å².